The molecular weight excluding hydrogens is 245 g/mol. The van der Waals surface area contributed by atoms with E-state index in [0.29, 0.717) is 16.1 Å². The Morgan fingerprint density at radius 1 is 1.38 bits per heavy atom. The van der Waals surface area contributed by atoms with Gasteiger partial charge in [0.25, 0.3) is 0 Å². The van der Waals surface area contributed by atoms with Crippen LogP contribution in [0.4, 0.5) is 5.69 Å². The van der Waals surface area contributed by atoms with Crippen LogP contribution in [0.3, 0.4) is 0 Å². The number of halogens is 2. The molecule has 0 spiro atoms. The van der Waals surface area contributed by atoms with Crippen molar-refractivity contribution in [3.8, 4) is 0 Å². The second-order valence-electron chi connectivity index (χ2n) is 4.17. The molecule has 0 heterocycles. The fourth-order valence-electron chi connectivity index (χ4n) is 1.77. The first-order valence-corrected chi connectivity index (χ1v) is 6.17. The molecule has 1 aliphatic rings. The Morgan fingerprint density at radius 3 is 2.69 bits per heavy atom. The van der Waals surface area contributed by atoms with Crippen LogP contribution >= 0.6 is 23.2 Å². The third-order valence-electron chi connectivity index (χ3n) is 2.81. The van der Waals surface area contributed by atoms with Crippen molar-refractivity contribution in [1.29, 1.82) is 0 Å². The molecule has 1 aliphatic carbocycles. The van der Waals surface area contributed by atoms with Crippen molar-refractivity contribution in [2.24, 2.45) is 5.92 Å². The largest absolute Gasteiger partial charge is 0.383 e. The van der Waals surface area contributed by atoms with Gasteiger partial charge in [0.2, 0.25) is 0 Å². The first-order chi connectivity index (χ1) is 7.70. The summed E-state index contributed by atoms with van der Waals surface area (Å²) < 4.78 is 5.21. The summed E-state index contributed by atoms with van der Waals surface area (Å²) in [4.78, 5) is 0. The van der Waals surface area contributed by atoms with E-state index in [2.05, 4.69) is 5.32 Å². The van der Waals surface area contributed by atoms with Crippen LogP contribution in [-0.4, -0.2) is 19.8 Å². The van der Waals surface area contributed by atoms with Crippen molar-refractivity contribution >= 4 is 28.9 Å². The van der Waals surface area contributed by atoms with Crippen LogP contribution in [0.5, 0.6) is 0 Å². The van der Waals surface area contributed by atoms with Crippen molar-refractivity contribution in [2.45, 2.75) is 18.9 Å². The van der Waals surface area contributed by atoms with Crippen LogP contribution in [-0.2, 0) is 4.74 Å². The summed E-state index contributed by atoms with van der Waals surface area (Å²) in [7, 11) is 1.73. The van der Waals surface area contributed by atoms with E-state index in [4.69, 9.17) is 27.9 Å². The summed E-state index contributed by atoms with van der Waals surface area (Å²) in [6, 6.07) is 5.99. The highest BCUT2D eigenvalue weighted by molar-refractivity contribution is 6.42. The predicted octanol–water partition coefficient (Wildman–Crippen LogP) is 3.83. The summed E-state index contributed by atoms with van der Waals surface area (Å²) >= 11 is 11.8. The van der Waals surface area contributed by atoms with Gasteiger partial charge in [-0.25, -0.2) is 0 Å². The summed E-state index contributed by atoms with van der Waals surface area (Å²) in [5.74, 6) is 0.731. The maximum absolute atomic E-state index is 5.97. The third-order valence-corrected chi connectivity index (χ3v) is 3.55. The van der Waals surface area contributed by atoms with E-state index >= 15 is 0 Å². The topological polar surface area (TPSA) is 21.3 Å². The number of nitrogens with one attached hydrogen (secondary N) is 1. The number of hydrogen-bond donors (Lipinski definition) is 1. The molecule has 1 saturated carbocycles. The van der Waals surface area contributed by atoms with Crippen molar-refractivity contribution in [2.75, 3.05) is 19.0 Å². The van der Waals surface area contributed by atoms with Crippen molar-refractivity contribution in [3.63, 3.8) is 0 Å². The minimum atomic E-state index is 0.377. The van der Waals surface area contributed by atoms with E-state index in [1.165, 1.54) is 12.8 Å². The van der Waals surface area contributed by atoms with Crippen LogP contribution in [0.2, 0.25) is 10.0 Å². The lowest BCUT2D eigenvalue weighted by atomic mass is 10.2. The first kappa shape index (κ1) is 12.0. The molecule has 1 unspecified atom stereocenters. The molecular formula is C12H15Cl2NO. The normalized spacial score (nSPS) is 17.2. The lowest BCUT2D eigenvalue weighted by Gasteiger charge is -2.18. The average Bonchev–Trinajstić information content (AvgIpc) is 3.06. The molecule has 1 fully saturated rings. The third kappa shape index (κ3) is 3.03. The lowest BCUT2D eigenvalue weighted by Crippen LogP contribution is -2.27. The summed E-state index contributed by atoms with van der Waals surface area (Å²) in [6.45, 7) is 0.727. The summed E-state index contributed by atoms with van der Waals surface area (Å²) in [5, 5.41) is 4.61. The Labute approximate surface area is 106 Å². The van der Waals surface area contributed by atoms with Gasteiger partial charge in [0.05, 0.1) is 22.7 Å². The van der Waals surface area contributed by atoms with Gasteiger partial charge in [0, 0.05) is 12.8 Å². The van der Waals surface area contributed by atoms with E-state index in [-0.39, 0.29) is 0 Å². The van der Waals surface area contributed by atoms with E-state index < -0.39 is 0 Å². The van der Waals surface area contributed by atoms with Gasteiger partial charge in [0.15, 0.2) is 0 Å². The second kappa shape index (κ2) is 5.26. The zero-order valence-electron chi connectivity index (χ0n) is 9.17. The van der Waals surface area contributed by atoms with Crippen LogP contribution in [0.15, 0.2) is 18.2 Å². The van der Waals surface area contributed by atoms with Crippen molar-refractivity contribution in [1.82, 2.24) is 0 Å². The van der Waals surface area contributed by atoms with Gasteiger partial charge in [-0.3, -0.25) is 0 Å². The molecule has 1 aromatic carbocycles. The smallest absolute Gasteiger partial charge is 0.0666 e. The van der Waals surface area contributed by atoms with Gasteiger partial charge in [-0.1, -0.05) is 23.2 Å². The molecule has 0 radical (unpaired) electrons. The van der Waals surface area contributed by atoms with Crippen molar-refractivity contribution < 1.29 is 4.74 Å². The summed E-state index contributed by atoms with van der Waals surface area (Å²) in [6.07, 6.45) is 2.56. The highest BCUT2D eigenvalue weighted by Crippen LogP contribution is 2.35. The molecule has 0 aromatic heterocycles. The van der Waals surface area contributed by atoms with Crippen LogP contribution in [0, 0.1) is 5.92 Å². The van der Waals surface area contributed by atoms with E-state index in [9.17, 15) is 0 Å². The lowest BCUT2D eigenvalue weighted by molar-refractivity contribution is 0.179. The van der Waals surface area contributed by atoms with Crippen molar-refractivity contribution in [3.05, 3.63) is 28.2 Å². The standard InChI is InChI=1S/C12H15Cl2NO/c1-16-7-12(8-2-3-8)15-9-4-5-10(13)11(14)6-9/h4-6,8,12,15H,2-3,7H2,1H3. The van der Waals surface area contributed by atoms with E-state index in [1.54, 1.807) is 7.11 Å². The number of methoxy groups -OCH3 is 1. The van der Waals surface area contributed by atoms with Crippen LogP contribution in [0.25, 0.3) is 0 Å². The molecule has 1 atom stereocenters. The zero-order chi connectivity index (χ0) is 11.5. The molecule has 2 nitrogen and oxygen atoms in total. The highest BCUT2D eigenvalue weighted by atomic mass is 35.5. The van der Waals surface area contributed by atoms with Crippen LogP contribution in [0.1, 0.15) is 12.8 Å². The molecule has 0 aliphatic heterocycles. The Hall–Kier alpha value is -0.440. The molecule has 1 aromatic rings. The quantitative estimate of drug-likeness (QED) is 0.868. The highest BCUT2D eigenvalue weighted by Gasteiger charge is 2.31. The molecule has 2 rings (SSSR count). The van der Waals surface area contributed by atoms with Gasteiger partial charge in [-0.05, 0) is 37.0 Å². The van der Waals surface area contributed by atoms with Gasteiger partial charge < -0.3 is 10.1 Å². The van der Waals surface area contributed by atoms with Gasteiger partial charge in [-0.2, -0.15) is 0 Å². The Bertz CT molecular complexity index is 366. The predicted molar refractivity (Wildman–Crippen MR) is 68.5 cm³/mol. The molecule has 0 bridgehead atoms. The molecule has 1 N–H and O–H groups in total. The Balaban J connectivity index is 2.03. The van der Waals surface area contributed by atoms with Gasteiger partial charge >= 0.3 is 0 Å². The molecule has 88 valence electrons. The fraction of sp³-hybridized carbons (Fsp3) is 0.500. The number of anilines is 1. The Kier molecular flexibility index (Phi) is 3.95. The molecule has 16 heavy (non-hydrogen) atoms. The number of rotatable bonds is 5. The minimum absolute atomic E-state index is 0.377. The molecule has 0 amide bonds. The Morgan fingerprint density at radius 2 is 2.12 bits per heavy atom. The monoisotopic (exact) mass is 259 g/mol. The molecule has 4 heteroatoms. The first-order valence-electron chi connectivity index (χ1n) is 5.41. The van der Waals surface area contributed by atoms with E-state index in [1.807, 2.05) is 18.2 Å². The minimum Gasteiger partial charge on any atom is -0.383 e. The average molecular weight is 260 g/mol. The number of hydrogen-bond acceptors (Lipinski definition) is 2. The fourth-order valence-corrected chi connectivity index (χ4v) is 2.07. The molecule has 0 saturated heterocycles. The summed E-state index contributed by atoms with van der Waals surface area (Å²) in [5.41, 5.74) is 1.00. The van der Waals surface area contributed by atoms with Gasteiger partial charge in [-0.15, -0.1) is 0 Å². The van der Waals surface area contributed by atoms with Crippen LogP contribution < -0.4 is 5.32 Å². The van der Waals surface area contributed by atoms with Gasteiger partial charge in [0.1, 0.15) is 0 Å². The van der Waals surface area contributed by atoms with E-state index in [0.717, 1.165) is 18.2 Å². The maximum atomic E-state index is 5.97. The SMILES string of the molecule is COCC(Nc1ccc(Cl)c(Cl)c1)C1CC1. The number of benzene rings is 1. The number of ether oxygens (including phenoxy) is 1. The maximum Gasteiger partial charge on any atom is 0.0666 e. The second-order valence-corrected chi connectivity index (χ2v) is 4.99. The zero-order valence-corrected chi connectivity index (χ0v) is 10.7.